The largest absolute Gasteiger partial charge is 0.491 e. The summed E-state index contributed by atoms with van der Waals surface area (Å²) in [5.74, 6) is 0.825. The number of ether oxygens (including phenoxy) is 2. The first-order chi connectivity index (χ1) is 9.54. The standard InChI is InChI=1S/C16H26N2O2/c1-12(2)20-16-9-13(17)8-14(10-16)18(3)11-15-6-4-5-7-19-15/h8-10,12,15H,4-7,11,17H2,1-3H3. The van der Waals surface area contributed by atoms with Gasteiger partial charge in [0.05, 0.1) is 12.2 Å². The normalized spacial score (nSPS) is 19.1. The fraction of sp³-hybridized carbons (Fsp3) is 0.625. The van der Waals surface area contributed by atoms with Crippen molar-refractivity contribution < 1.29 is 9.47 Å². The van der Waals surface area contributed by atoms with Gasteiger partial charge in [-0.05, 0) is 39.2 Å². The van der Waals surface area contributed by atoms with Crippen molar-refractivity contribution >= 4 is 11.4 Å². The van der Waals surface area contributed by atoms with Crippen molar-refractivity contribution in [2.45, 2.75) is 45.3 Å². The van der Waals surface area contributed by atoms with Gasteiger partial charge in [-0.15, -0.1) is 0 Å². The molecule has 0 amide bonds. The number of anilines is 2. The Balaban J connectivity index is 2.04. The van der Waals surface area contributed by atoms with E-state index in [9.17, 15) is 0 Å². The van der Waals surface area contributed by atoms with E-state index in [1.54, 1.807) is 0 Å². The first kappa shape index (κ1) is 15.0. The van der Waals surface area contributed by atoms with E-state index in [1.165, 1.54) is 12.8 Å². The molecule has 4 heteroatoms. The molecule has 1 aromatic rings. The molecule has 2 rings (SSSR count). The zero-order valence-corrected chi connectivity index (χ0v) is 12.8. The van der Waals surface area contributed by atoms with Crippen LogP contribution in [0, 0.1) is 0 Å². The van der Waals surface area contributed by atoms with Crippen LogP contribution in [0.25, 0.3) is 0 Å². The Morgan fingerprint density at radius 1 is 1.35 bits per heavy atom. The molecular weight excluding hydrogens is 252 g/mol. The maximum Gasteiger partial charge on any atom is 0.123 e. The van der Waals surface area contributed by atoms with Gasteiger partial charge in [-0.2, -0.15) is 0 Å². The predicted octanol–water partition coefficient (Wildman–Crippen LogP) is 3.06. The van der Waals surface area contributed by atoms with Crippen molar-refractivity contribution in [2.24, 2.45) is 0 Å². The average Bonchev–Trinajstić information content (AvgIpc) is 2.38. The molecule has 1 saturated heterocycles. The molecule has 1 aliphatic rings. The molecular formula is C16H26N2O2. The van der Waals surface area contributed by atoms with E-state index in [2.05, 4.69) is 11.9 Å². The highest BCUT2D eigenvalue weighted by molar-refractivity contribution is 5.60. The van der Waals surface area contributed by atoms with Crippen LogP contribution in [-0.4, -0.2) is 32.4 Å². The van der Waals surface area contributed by atoms with Gasteiger partial charge in [0.15, 0.2) is 0 Å². The number of hydrogen-bond donors (Lipinski definition) is 1. The van der Waals surface area contributed by atoms with Crippen LogP contribution in [0.4, 0.5) is 11.4 Å². The van der Waals surface area contributed by atoms with E-state index in [1.807, 2.05) is 32.0 Å². The minimum absolute atomic E-state index is 0.150. The Labute approximate surface area is 121 Å². The number of likely N-dealkylation sites (N-methyl/N-ethyl adjacent to an activating group) is 1. The van der Waals surface area contributed by atoms with Gasteiger partial charge in [0.2, 0.25) is 0 Å². The predicted molar refractivity (Wildman–Crippen MR) is 83.5 cm³/mol. The molecule has 0 aromatic heterocycles. The molecule has 1 heterocycles. The van der Waals surface area contributed by atoms with Gasteiger partial charge in [-0.1, -0.05) is 0 Å². The van der Waals surface area contributed by atoms with Crippen molar-refractivity contribution in [3.05, 3.63) is 18.2 Å². The van der Waals surface area contributed by atoms with Crippen molar-refractivity contribution in [3.8, 4) is 5.75 Å². The number of nitrogens with two attached hydrogens (primary N) is 1. The van der Waals surface area contributed by atoms with Gasteiger partial charge in [0.1, 0.15) is 5.75 Å². The van der Waals surface area contributed by atoms with Crippen LogP contribution in [-0.2, 0) is 4.74 Å². The monoisotopic (exact) mass is 278 g/mol. The van der Waals surface area contributed by atoms with E-state index in [4.69, 9.17) is 15.2 Å². The van der Waals surface area contributed by atoms with E-state index in [0.29, 0.717) is 6.10 Å². The van der Waals surface area contributed by atoms with Crippen LogP contribution in [0.1, 0.15) is 33.1 Å². The zero-order valence-electron chi connectivity index (χ0n) is 12.8. The van der Waals surface area contributed by atoms with E-state index >= 15 is 0 Å². The lowest BCUT2D eigenvalue weighted by Gasteiger charge is -2.29. The summed E-state index contributed by atoms with van der Waals surface area (Å²) < 4.78 is 11.5. The van der Waals surface area contributed by atoms with Gasteiger partial charge in [-0.3, -0.25) is 0 Å². The van der Waals surface area contributed by atoms with E-state index in [-0.39, 0.29) is 6.10 Å². The third-order valence-corrected chi connectivity index (χ3v) is 3.48. The maximum absolute atomic E-state index is 5.97. The lowest BCUT2D eigenvalue weighted by molar-refractivity contribution is 0.0216. The summed E-state index contributed by atoms with van der Waals surface area (Å²) in [6.07, 6.45) is 4.06. The molecule has 4 nitrogen and oxygen atoms in total. The molecule has 2 N–H and O–H groups in total. The second-order valence-corrected chi connectivity index (χ2v) is 5.80. The molecule has 0 radical (unpaired) electrons. The van der Waals surface area contributed by atoms with Crippen molar-refractivity contribution in [1.29, 1.82) is 0 Å². The Hall–Kier alpha value is -1.42. The summed E-state index contributed by atoms with van der Waals surface area (Å²) >= 11 is 0. The molecule has 1 unspecified atom stereocenters. The highest BCUT2D eigenvalue weighted by Gasteiger charge is 2.16. The third-order valence-electron chi connectivity index (χ3n) is 3.48. The quantitative estimate of drug-likeness (QED) is 0.841. The molecule has 1 aromatic carbocycles. The highest BCUT2D eigenvalue weighted by atomic mass is 16.5. The minimum atomic E-state index is 0.150. The number of benzene rings is 1. The van der Waals surface area contributed by atoms with Gasteiger partial charge in [-0.25, -0.2) is 0 Å². The molecule has 0 bridgehead atoms. The maximum atomic E-state index is 5.97. The Bertz CT molecular complexity index is 428. The topological polar surface area (TPSA) is 47.7 Å². The summed E-state index contributed by atoms with van der Waals surface area (Å²) in [5.41, 5.74) is 7.78. The Kier molecular flexibility index (Phi) is 5.12. The van der Waals surface area contributed by atoms with Gasteiger partial charge >= 0.3 is 0 Å². The molecule has 1 aliphatic heterocycles. The molecule has 1 fully saturated rings. The molecule has 20 heavy (non-hydrogen) atoms. The van der Waals surface area contributed by atoms with Crippen molar-refractivity contribution in [3.63, 3.8) is 0 Å². The van der Waals surface area contributed by atoms with E-state index < -0.39 is 0 Å². The SMILES string of the molecule is CC(C)Oc1cc(N)cc(N(C)CC2CCCCO2)c1. The van der Waals surface area contributed by atoms with Gasteiger partial charge in [0.25, 0.3) is 0 Å². The first-order valence-corrected chi connectivity index (χ1v) is 7.44. The second kappa shape index (κ2) is 6.84. The highest BCUT2D eigenvalue weighted by Crippen LogP contribution is 2.26. The van der Waals surface area contributed by atoms with Crippen molar-refractivity contribution in [2.75, 3.05) is 30.8 Å². The van der Waals surface area contributed by atoms with Crippen LogP contribution in [0.15, 0.2) is 18.2 Å². The molecule has 1 atom stereocenters. The fourth-order valence-electron chi connectivity index (χ4n) is 2.53. The van der Waals surface area contributed by atoms with Crippen LogP contribution < -0.4 is 15.4 Å². The van der Waals surface area contributed by atoms with Gasteiger partial charge < -0.3 is 20.1 Å². The number of nitrogens with zero attached hydrogens (tertiary/aromatic N) is 1. The molecule has 0 saturated carbocycles. The zero-order chi connectivity index (χ0) is 14.5. The van der Waals surface area contributed by atoms with Crippen LogP contribution >= 0.6 is 0 Å². The summed E-state index contributed by atoms with van der Waals surface area (Å²) in [5, 5.41) is 0. The second-order valence-electron chi connectivity index (χ2n) is 5.80. The first-order valence-electron chi connectivity index (χ1n) is 7.44. The summed E-state index contributed by atoms with van der Waals surface area (Å²) in [4.78, 5) is 2.19. The smallest absolute Gasteiger partial charge is 0.123 e. The van der Waals surface area contributed by atoms with Gasteiger partial charge in [0, 0.05) is 43.7 Å². The Morgan fingerprint density at radius 3 is 2.80 bits per heavy atom. The number of rotatable bonds is 5. The summed E-state index contributed by atoms with van der Waals surface area (Å²) in [6.45, 7) is 5.81. The fourth-order valence-corrected chi connectivity index (χ4v) is 2.53. The van der Waals surface area contributed by atoms with Crippen LogP contribution in [0.5, 0.6) is 5.75 Å². The minimum Gasteiger partial charge on any atom is -0.491 e. The molecule has 0 spiro atoms. The molecule has 112 valence electrons. The number of hydrogen-bond acceptors (Lipinski definition) is 4. The van der Waals surface area contributed by atoms with Crippen LogP contribution in [0.2, 0.25) is 0 Å². The van der Waals surface area contributed by atoms with E-state index in [0.717, 1.165) is 36.7 Å². The number of nitrogen functional groups attached to an aromatic ring is 1. The van der Waals surface area contributed by atoms with Crippen molar-refractivity contribution in [1.82, 2.24) is 0 Å². The van der Waals surface area contributed by atoms with Crippen LogP contribution in [0.3, 0.4) is 0 Å². The Morgan fingerprint density at radius 2 is 2.15 bits per heavy atom. The average molecular weight is 278 g/mol. The molecule has 0 aliphatic carbocycles. The summed E-state index contributed by atoms with van der Waals surface area (Å²) in [7, 11) is 2.08. The summed E-state index contributed by atoms with van der Waals surface area (Å²) in [6, 6.07) is 5.89. The lowest BCUT2D eigenvalue weighted by Crippen LogP contribution is -2.33. The third kappa shape index (κ3) is 4.30. The lowest BCUT2D eigenvalue weighted by atomic mass is 10.1.